The fourth-order valence-corrected chi connectivity index (χ4v) is 5.04. The highest BCUT2D eigenvalue weighted by Gasteiger charge is 2.42. The van der Waals surface area contributed by atoms with Gasteiger partial charge in [0.25, 0.3) is 5.91 Å². The monoisotopic (exact) mass is 417 g/mol. The molecule has 0 spiro atoms. The molecule has 2 amide bonds. The maximum Gasteiger partial charge on any atom is 0.255 e. The smallest absolute Gasteiger partial charge is 0.255 e. The van der Waals surface area contributed by atoms with Gasteiger partial charge in [0, 0.05) is 34.2 Å². The maximum atomic E-state index is 13.3. The minimum atomic E-state index is -0.476. The zero-order valence-electron chi connectivity index (χ0n) is 16.5. The van der Waals surface area contributed by atoms with Gasteiger partial charge in [0.05, 0.1) is 4.75 Å². The van der Waals surface area contributed by atoms with Crippen molar-refractivity contribution in [3.05, 3.63) is 84.7 Å². The van der Waals surface area contributed by atoms with Crippen molar-refractivity contribution in [2.75, 3.05) is 10.6 Å². The first-order chi connectivity index (χ1) is 14.6. The summed E-state index contributed by atoms with van der Waals surface area (Å²) in [4.78, 5) is 30.9. The highest BCUT2D eigenvalue weighted by atomic mass is 32.2. The second-order valence-electron chi connectivity index (χ2n) is 7.34. The van der Waals surface area contributed by atoms with Gasteiger partial charge in [-0.2, -0.15) is 0 Å². The number of amides is 2. The Bertz CT molecular complexity index is 1020. The van der Waals surface area contributed by atoms with E-state index in [2.05, 4.69) is 15.6 Å². The Morgan fingerprint density at radius 3 is 2.30 bits per heavy atom. The lowest BCUT2D eigenvalue weighted by Crippen LogP contribution is -2.37. The largest absolute Gasteiger partial charge is 0.325 e. The Morgan fingerprint density at radius 1 is 0.833 bits per heavy atom. The van der Waals surface area contributed by atoms with Crippen LogP contribution in [0.4, 0.5) is 11.4 Å². The second-order valence-corrected chi connectivity index (χ2v) is 8.80. The van der Waals surface area contributed by atoms with Crippen LogP contribution in [0, 0.1) is 0 Å². The summed E-state index contributed by atoms with van der Waals surface area (Å²) >= 11 is 1.64. The topological polar surface area (TPSA) is 71.1 Å². The van der Waals surface area contributed by atoms with E-state index in [1.807, 2.05) is 36.4 Å². The molecule has 1 saturated carbocycles. The van der Waals surface area contributed by atoms with Crippen molar-refractivity contribution in [2.24, 2.45) is 0 Å². The van der Waals surface area contributed by atoms with Crippen molar-refractivity contribution in [2.45, 2.75) is 35.3 Å². The van der Waals surface area contributed by atoms with Gasteiger partial charge in [-0.25, -0.2) is 0 Å². The van der Waals surface area contributed by atoms with Crippen molar-refractivity contribution >= 4 is 35.0 Å². The number of carbonyl (C=O) groups excluding carboxylic acids is 2. The lowest BCUT2D eigenvalue weighted by atomic mass is 10.1. The quantitative estimate of drug-likeness (QED) is 0.565. The minimum absolute atomic E-state index is 0.000505. The first-order valence-corrected chi connectivity index (χ1v) is 10.8. The van der Waals surface area contributed by atoms with E-state index in [0.717, 1.165) is 30.6 Å². The standard InChI is InChI=1S/C24H23N3O2S/c28-22(26-19-11-15-25-16-12-19)18-7-6-8-20(17-18)27-23(29)24(13-4-5-14-24)30-21-9-2-1-3-10-21/h1-3,6-12,15-17H,4-5,13-14H2,(H,27,29)(H,25,26,28). The van der Waals surface area contributed by atoms with Crippen LogP contribution in [-0.2, 0) is 4.79 Å². The van der Waals surface area contributed by atoms with Crippen LogP contribution < -0.4 is 10.6 Å². The lowest BCUT2D eigenvalue weighted by molar-refractivity contribution is -0.118. The van der Waals surface area contributed by atoms with E-state index in [0.29, 0.717) is 16.9 Å². The Labute approximate surface area is 180 Å². The van der Waals surface area contributed by atoms with Gasteiger partial charge >= 0.3 is 0 Å². The molecule has 4 rings (SSSR count). The van der Waals surface area contributed by atoms with Crippen molar-refractivity contribution in [3.63, 3.8) is 0 Å². The van der Waals surface area contributed by atoms with Crippen LogP contribution in [0.1, 0.15) is 36.0 Å². The second kappa shape index (κ2) is 9.13. The fraction of sp³-hybridized carbons (Fsp3) is 0.208. The molecule has 0 unspecified atom stereocenters. The third-order valence-corrected chi connectivity index (χ3v) is 6.69. The first kappa shape index (κ1) is 20.2. The van der Waals surface area contributed by atoms with Gasteiger partial charge in [0.15, 0.2) is 0 Å². The molecule has 30 heavy (non-hydrogen) atoms. The van der Waals surface area contributed by atoms with E-state index < -0.39 is 4.75 Å². The molecule has 1 aliphatic carbocycles. The summed E-state index contributed by atoms with van der Waals surface area (Å²) in [5.74, 6) is -0.230. The molecule has 1 aromatic heterocycles. The van der Waals surface area contributed by atoms with Gasteiger partial charge in [-0.15, -0.1) is 11.8 Å². The number of carbonyl (C=O) groups is 2. The fourth-order valence-electron chi connectivity index (χ4n) is 3.66. The molecule has 0 saturated heterocycles. The van der Waals surface area contributed by atoms with Crippen molar-refractivity contribution in [3.8, 4) is 0 Å². The minimum Gasteiger partial charge on any atom is -0.325 e. The third kappa shape index (κ3) is 4.71. The van der Waals surface area contributed by atoms with E-state index >= 15 is 0 Å². The van der Waals surface area contributed by atoms with Crippen LogP contribution in [0.3, 0.4) is 0 Å². The number of pyridine rings is 1. The summed E-state index contributed by atoms with van der Waals surface area (Å²) in [5.41, 5.74) is 1.79. The number of benzene rings is 2. The molecule has 3 aromatic rings. The molecule has 152 valence electrons. The molecule has 1 heterocycles. The molecule has 0 aliphatic heterocycles. The van der Waals surface area contributed by atoms with E-state index in [1.54, 1.807) is 54.5 Å². The Hall–Kier alpha value is -3.12. The molecular formula is C24H23N3O2S. The highest BCUT2D eigenvalue weighted by molar-refractivity contribution is 8.01. The van der Waals surface area contributed by atoms with E-state index in [1.165, 1.54) is 0 Å². The SMILES string of the molecule is O=C(Nc1ccncc1)c1cccc(NC(=O)C2(Sc3ccccc3)CCCC2)c1. The molecule has 5 nitrogen and oxygen atoms in total. The third-order valence-electron chi connectivity index (χ3n) is 5.20. The molecule has 1 fully saturated rings. The van der Waals surface area contributed by atoms with Gasteiger partial charge in [0.1, 0.15) is 0 Å². The Morgan fingerprint density at radius 2 is 1.57 bits per heavy atom. The average molecular weight is 418 g/mol. The number of nitrogens with one attached hydrogen (secondary N) is 2. The van der Waals surface area contributed by atoms with Crippen LogP contribution in [0.5, 0.6) is 0 Å². The van der Waals surface area contributed by atoms with Crippen LogP contribution in [-0.4, -0.2) is 21.5 Å². The molecule has 2 aromatic carbocycles. The van der Waals surface area contributed by atoms with E-state index in [9.17, 15) is 9.59 Å². The van der Waals surface area contributed by atoms with Gasteiger partial charge in [0.2, 0.25) is 5.91 Å². The predicted octanol–water partition coefficient (Wildman–Crippen LogP) is 5.38. The molecular weight excluding hydrogens is 394 g/mol. The van der Waals surface area contributed by atoms with E-state index in [-0.39, 0.29) is 11.8 Å². The van der Waals surface area contributed by atoms with Gasteiger partial charge < -0.3 is 10.6 Å². The number of anilines is 2. The van der Waals surface area contributed by atoms with Crippen molar-refractivity contribution in [1.29, 1.82) is 0 Å². The summed E-state index contributed by atoms with van der Waals surface area (Å²) in [5, 5.41) is 5.89. The molecule has 1 aliphatic rings. The molecule has 6 heteroatoms. The number of aromatic nitrogens is 1. The summed E-state index contributed by atoms with van der Waals surface area (Å²) < 4.78 is -0.476. The van der Waals surface area contributed by atoms with Crippen LogP contribution in [0.25, 0.3) is 0 Å². The maximum absolute atomic E-state index is 13.3. The zero-order valence-corrected chi connectivity index (χ0v) is 17.3. The van der Waals surface area contributed by atoms with Gasteiger partial charge in [-0.1, -0.05) is 37.1 Å². The first-order valence-electron chi connectivity index (χ1n) is 10.0. The summed E-state index contributed by atoms with van der Waals surface area (Å²) in [6.45, 7) is 0. The number of hydrogen-bond acceptors (Lipinski definition) is 4. The normalized spacial score (nSPS) is 14.8. The summed E-state index contributed by atoms with van der Waals surface area (Å²) in [6.07, 6.45) is 7.03. The van der Waals surface area contributed by atoms with Gasteiger partial charge in [-0.05, 0) is 55.3 Å². The molecule has 2 N–H and O–H groups in total. The number of rotatable bonds is 6. The Kier molecular flexibility index (Phi) is 6.14. The molecule has 0 atom stereocenters. The number of thioether (sulfide) groups is 1. The number of nitrogens with zero attached hydrogens (tertiary/aromatic N) is 1. The van der Waals surface area contributed by atoms with Crippen LogP contribution in [0.2, 0.25) is 0 Å². The average Bonchev–Trinajstić information content (AvgIpc) is 3.25. The van der Waals surface area contributed by atoms with E-state index in [4.69, 9.17) is 0 Å². The summed E-state index contributed by atoms with van der Waals surface area (Å²) in [7, 11) is 0. The molecule has 0 bridgehead atoms. The molecule has 0 radical (unpaired) electrons. The zero-order chi connectivity index (χ0) is 20.8. The lowest BCUT2D eigenvalue weighted by Gasteiger charge is -2.27. The van der Waals surface area contributed by atoms with Crippen molar-refractivity contribution < 1.29 is 9.59 Å². The number of hydrogen-bond donors (Lipinski definition) is 2. The van der Waals surface area contributed by atoms with Crippen LogP contribution >= 0.6 is 11.8 Å². The predicted molar refractivity (Wildman–Crippen MR) is 121 cm³/mol. The summed E-state index contributed by atoms with van der Waals surface area (Å²) in [6, 6.07) is 20.6. The highest BCUT2D eigenvalue weighted by Crippen LogP contribution is 2.46. The Balaban J connectivity index is 1.48. The van der Waals surface area contributed by atoms with Crippen molar-refractivity contribution in [1.82, 2.24) is 4.98 Å². The van der Waals surface area contributed by atoms with Crippen LogP contribution in [0.15, 0.2) is 84.0 Å². The van der Waals surface area contributed by atoms with Gasteiger partial charge in [-0.3, -0.25) is 14.6 Å².